The van der Waals surface area contributed by atoms with Gasteiger partial charge in [-0.15, -0.1) is 0 Å². The summed E-state index contributed by atoms with van der Waals surface area (Å²) in [5.41, 5.74) is 1.70. The highest BCUT2D eigenvalue weighted by molar-refractivity contribution is 6.42. The Kier molecular flexibility index (Phi) is 5.68. The summed E-state index contributed by atoms with van der Waals surface area (Å²) >= 11 is 0. The van der Waals surface area contributed by atoms with Crippen LogP contribution in [0.25, 0.3) is 0 Å². The number of carbonyl (C=O) groups excluding carboxylic acids is 4. The highest BCUT2D eigenvalue weighted by Crippen LogP contribution is 2.37. The number of hydrogen-bond donors (Lipinski definition) is 0. The summed E-state index contributed by atoms with van der Waals surface area (Å²) in [5.74, 6) is -2.75. The van der Waals surface area contributed by atoms with Crippen LogP contribution in [-0.2, 0) is 25.6 Å². The van der Waals surface area contributed by atoms with E-state index in [0.29, 0.717) is 24.3 Å². The molecule has 0 saturated carbocycles. The molecule has 0 bridgehead atoms. The lowest BCUT2D eigenvalue weighted by Gasteiger charge is -2.27. The summed E-state index contributed by atoms with van der Waals surface area (Å²) < 4.78 is 5.03. The molecule has 144 valence electrons. The number of likely N-dealkylation sites (tertiary alicyclic amines) is 1. The maximum atomic E-state index is 12.6. The van der Waals surface area contributed by atoms with Crippen molar-refractivity contribution >= 4 is 23.4 Å². The molecule has 6 heteroatoms. The predicted molar refractivity (Wildman–Crippen MR) is 102 cm³/mol. The zero-order valence-corrected chi connectivity index (χ0v) is 15.8. The molecular weight excluding hydrogens is 358 g/mol. The zero-order valence-electron chi connectivity index (χ0n) is 15.8. The van der Waals surface area contributed by atoms with Crippen molar-refractivity contribution < 1.29 is 23.9 Å². The van der Waals surface area contributed by atoms with Gasteiger partial charge in [0, 0.05) is 13.5 Å². The fraction of sp³-hybridized carbons (Fsp3) is 0.273. The first-order chi connectivity index (χ1) is 13.4. The molecule has 0 radical (unpaired) electrons. The van der Waals surface area contributed by atoms with Gasteiger partial charge in [0.2, 0.25) is 5.78 Å². The number of esters is 1. The number of amides is 1. The molecule has 1 aliphatic rings. The summed E-state index contributed by atoms with van der Waals surface area (Å²) in [6.07, 6.45) is 0.576. The first-order valence-corrected chi connectivity index (χ1v) is 9.06. The van der Waals surface area contributed by atoms with Crippen LogP contribution < -0.4 is 4.74 Å². The van der Waals surface area contributed by atoms with E-state index in [2.05, 4.69) is 0 Å². The molecule has 3 rings (SSSR count). The van der Waals surface area contributed by atoms with Crippen LogP contribution in [0.1, 0.15) is 31.0 Å². The van der Waals surface area contributed by atoms with Gasteiger partial charge in [-0.2, -0.15) is 0 Å². The number of benzene rings is 2. The average Bonchev–Trinajstić information content (AvgIpc) is 2.92. The highest BCUT2D eigenvalue weighted by atomic mass is 16.5. The van der Waals surface area contributed by atoms with Crippen LogP contribution in [0.5, 0.6) is 5.75 Å². The van der Waals surface area contributed by atoms with Crippen molar-refractivity contribution in [3.63, 3.8) is 0 Å². The summed E-state index contributed by atoms with van der Waals surface area (Å²) in [6.45, 7) is 2.96. The van der Waals surface area contributed by atoms with E-state index in [4.69, 9.17) is 4.74 Å². The lowest BCUT2D eigenvalue weighted by Crippen LogP contribution is -2.32. The van der Waals surface area contributed by atoms with Crippen LogP contribution in [0, 0.1) is 5.92 Å². The van der Waals surface area contributed by atoms with Crippen LogP contribution in [-0.4, -0.2) is 34.9 Å². The molecular formula is C22H21NO5. The van der Waals surface area contributed by atoms with Crippen molar-refractivity contribution in [1.82, 2.24) is 4.90 Å². The minimum absolute atomic E-state index is 0.328. The number of hydrogen-bond acceptors (Lipinski definition) is 5. The SMILES string of the molecule is CC(=O)Oc1ccc(C2C(C(C)=O)C(=O)C(=O)N2CCc2ccccc2)cc1. The van der Waals surface area contributed by atoms with Crippen LogP contribution in [0.15, 0.2) is 54.6 Å². The van der Waals surface area contributed by atoms with Crippen molar-refractivity contribution in [1.29, 1.82) is 0 Å². The third-order valence-electron chi connectivity index (χ3n) is 4.81. The number of ketones is 2. The Morgan fingerprint density at radius 3 is 2.18 bits per heavy atom. The van der Waals surface area contributed by atoms with Gasteiger partial charge in [-0.05, 0) is 36.6 Å². The molecule has 1 aliphatic heterocycles. The summed E-state index contributed by atoms with van der Waals surface area (Å²) in [6, 6.07) is 15.5. The first kappa shape index (κ1) is 19.5. The molecule has 0 N–H and O–H groups in total. The van der Waals surface area contributed by atoms with Gasteiger partial charge in [0.15, 0.2) is 0 Å². The van der Waals surface area contributed by atoms with Gasteiger partial charge in [-0.25, -0.2) is 0 Å². The standard InChI is InChI=1S/C22H21NO5/c1-14(24)19-20(17-8-10-18(11-9-17)28-15(2)25)23(22(27)21(19)26)13-12-16-6-4-3-5-7-16/h3-11,19-20H,12-13H2,1-2H3. The van der Waals surface area contributed by atoms with E-state index < -0.39 is 29.6 Å². The van der Waals surface area contributed by atoms with Crippen molar-refractivity contribution in [2.45, 2.75) is 26.3 Å². The van der Waals surface area contributed by atoms with Gasteiger partial charge in [0.25, 0.3) is 5.91 Å². The van der Waals surface area contributed by atoms with E-state index >= 15 is 0 Å². The summed E-state index contributed by atoms with van der Waals surface area (Å²) in [5, 5.41) is 0. The third kappa shape index (κ3) is 4.01. The second kappa shape index (κ2) is 8.17. The third-order valence-corrected chi connectivity index (χ3v) is 4.81. The Bertz CT molecular complexity index is 904. The van der Waals surface area contributed by atoms with E-state index in [1.54, 1.807) is 24.3 Å². The van der Waals surface area contributed by atoms with Gasteiger partial charge in [-0.1, -0.05) is 42.5 Å². The minimum Gasteiger partial charge on any atom is -0.427 e. The second-order valence-electron chi connectivity index (χ2n) is 6.79. The van der Waals surface area contributed by atoms with Crippen molar-refractivity contribution in [3.8, 4) is 5.75 Å². The molecule has 0 aliphatic carbocycles. The molecule has 2 aromatic carbocycles. The molecule has 2 unspecified atom stereocenters. The molecule has 0 spiro atoms. The zero-order chi connectivity index (χ0) is 20.3. The van der Waals surface area contributed by atoms with E-state index in [1.807, 2.05) is 30.3 Å². The monoisotopic (exact) mass is 379 g/mol. The Balaban J connectivity index is 1.89. The van der Waals surface area contributed by atoms with Crippen molar-refractivity contribution in [2.75, 3.05) is 6.54 Å². The molecule has 28 heavy (non-hydrogen) atoms. The molecule has 2 aromatic rings. The number of nitrogens with zero attached hydrogens (tertiary/aromatic N) is 1. The van der Waals surface area contributed by atoms with Crippen LogP contribution >= 0.6 is 0 Å². The van der Waals surface area contributed by atoms with E-state index in [-0.39, 0.29) is 5.78 Å². The largest absolute Gasteiger partial charge is 0.427 e. The fourth-order valence-electron chi connectivity index (χ4n) is 3.54. The van der Waals surface area contributed by atoms with E-state index in [9.17, 15) is 19.2 Å². The van der Waals surface area contributed by atoms with Crippen molar-refractivity contribution in [2.24, 2.45) is 5.92 Å². The van der Waals surface area contributed by atoms with Crippen LogP contribution in [0.3, 0.4) is 0 Å². The quantitative estimate of drug-likeness (QED) is 0.333. The Hall–Kier alpha value is -3.28. The van der Waals surface area contributed by atoms with Gasteiger partial charge in [-0.3, -0.25) is 19.2 Å². The number of Topliss-reactive ketones (excluding diaryl/α,β-unsaturated/α-hetero) is 2. The molecule has 1 fully saturated rings. The van der Waals surface area contributed by atoms with Gasteiger partial charge < -0.3 is 9.64 Å². The van der Waals surface area contributed by atoms with E-state index in [1.165, 1.54) is 18.7 Å². The van der Waals surface area contributed by atoms with Gasteiger partial charge >= 0.3 is 5.97 Å². The van der Waals surface area contributed by atoms with Gasteiger partial charge in [0.05, 0.1) is 6.04 Å². The molecule has 6 nitrogen and oxygen atoms in total. The lowest BCUT2D eigenvalue weighted by molar-refractivity contribution is -0.142. The van der Waals surface area contributed by atoms with Gasteiger partial charge in [0.1, 0.15) is 17.5 Å². The normalized spacial score (nSPS) is 19.0. The van der Waals surface area contributed by atoms with E-state index in [0.717, 1.165) is 5.56 Å². The number of rotatable bonds is 6. The highest BCUT2D eigenvalue weighted by Gasteiger charge is 2.49. The fourth-order valence-corrected chi connectivity index (χ4v) is 3.54. The Morgan fingerprint density at radius 1 is 0.964 bits per heavy atom. The number of carbonyl (C=O) groups is 4. The second-order valence-corrected chi connectivity index (χ2v) is 6.79. The minimum atomic E-state index is -1.03. The molecule has 1 heterocycles. The smallest absolute Gasteiger partial charge is 0.308 e. The molecule has 1 amide bonds. The summed E-state index contributed by atoms with van der Waals surface area (Å²) in [4.78, 5) is 49.8. The first-order valence-electron chi connectivity index (χ1n) is 9.06. The topological polar surface area (TPSA) is 80.8 Å². The number of ether oxygens (including phenoxy) is 1. The predicted octanol–water partition coefficient (Wildman–Crippen LogP) is 2.51. The lowest BCUT2D eigenvalue weighted by atomic mass is 9.90. The Labute approximate surface area is 163 Å². The summed E-state index contributed by atoms with van der Waals surface area (Å²) in [7, 11) is 0. The van der Waals surface area contributed by atoms with Crippen LogP contribution in [0.4, 0.5) is 0 Å². The van der Waals surface area contributed by atoms with Crippen molar-refractivity contribution in [3.05, 3.63) is 65.7 Å². The molecule has 1 saturated heterocycles. The molecule has 2 atom stereocenters. The maximum Gasteiger partial charge on any atom is 0.308 e. The maximum absolute atomic E-state index is 12.6. The molecule has 0 aromatic heterocycles. The van der Waals surface area contributed by atoms with Crippen LogP contribution in [0.2, 0.25) is 0 Å². The average molecular weight is 379 g/mol. The Morgan fingerprint density at radius 2 is 1.61 bits per heavy atom.